The van der Waals surface area contributed by atoms with E-state index in [0.717, 1.165) is 25.1 Å². The normalized spacial score (nSPS) is 10.4. The van der Waals surface area contributed by atoms with Crippen molar-refractivity contribution in [2.45, 2.75) is 39.7 Å². The molecule has 0 aliphatic rings. The fourth-order valence-corrected chi connectivity index (χ4v) is 1.46. The van der Waals surface area contributed by atoms with Gasteiger partial charge in [0.05, 0.1) is 5.69 Å². The quantitative estimate of drug-likeness (QED) is 0.716. The zero-order chi connectivity index (χ0) is 10.6. The maximum Gasteiger partial charge on any atom is 0.217 e. The number of nitrogens with two attached hydrogens (primary N) is 1. The molecule has 0 spiro atoms. The number of nitrogens with zero attached hydrogens (tertiary/aromatic N) is 2. The predicted octanol–water partition coefficient (Wildman–Crippen LogP) is 1.16. The highest BCUT2D eigenvalue weighted by Gasteiger charge is 2.00. The Kier molecular flexibility index (Phi) is 3.68. The van der Waals surface area contributed by atoms with E-state index >= 15 is 0 Å². The Morgan fingerprint density at radius 1 is 1.50 bits per heavy atom. The van der Waals surface area contributed by atoms with Gasteiger partial charge in [-0.15, -0.1) is 0 Å². The zero-order valence-electron chi connectivity index (χ0n) is 8.79. The molecule has 14 heavy (non-hydrogen) atoms. The standard InChI is InChI=1S/C10H17N3O/c1-8-7-9(2)13(12-8)6-4-3-5-10(11)14/h7H,3-6H2,1-2H3,(H2,11,14). The molecule has 78 valence electrons. The summed E-state index contributed by atoms with van der Waals surface area (Å²) >= 11 is 0. The lowest BCUT2D eigenvalue weighted by Crippen LogP contribution is -2.10. The van der Waals surface area contributed by atoms with E-state index in [-0.39, 0.29) is 5.91 Å². The van der Waals surface area contributed by atoms with Gasteiger partial charge in [-0.2, -0.15) is 5.10 Å². The molecule has 0 atom stereocenters. The summed E-state index contributed by atoms with van der Waals surface area (Å²) in [6, 6.07) is 2.05. The molecule has 4 nitrogen and oxygen atoms in total. The number of carbonyl (C=O) groups is 1. The molecule has 1 heterocycles. The first kappa shape index (κ1) is 10.8. The van der Waals surface area contributed by atoms with Crippen LogP contribution in [0.4, 0.5) is 0 Å². The summed E-state index contributed by atoms with van der Waals surface area (Å²) in [5.74, 6) is -0.224. The number of primary amides is 1. The van der Waals surface area contributed by atoms with Gasteiger partial charge >= 0.3 is 0 Å². The number of hydrogen-bond donors (Lipinski definition) is 1. The Bertz CT molecular complexity index is 317. The summed E-state index contributed by atoms with van der Waals surface area (Å²) in [5, 5.41) is 4.33. The SMILES string of the molecule is Cc1cc(C)n(CCCCC(N)=O)n1. The maximum absolute atomic E-state index is 10.5. The van der Waals surface area contributed by atoms with Crippen molar-refractivity contribution in [3.63, 3.8) is 0 Å². The average Bonchev–Trinajstić information content (AvgIpc) is 2.39. The second kappa shape index (κ2) is 4.79. The van der Waals surface area contributed by atoms with Gasteiger partial charge in [-0.1, -0.05) is 0 Å². The zero-order valence-corrected chi connectivity index (χ0v) is 8.79. The van der Waals surface area contributed by atoms with Crippen LogP contribution < -0.4 is 5.73 Å². The van der Waals surface area contributed by atoms with Gasteiger partial charge in [0, 0.05) is 18.7 Å². The molecular formula is C10H17N3O. The number of carbonyl (C=O) groups excluding carboxylic acids is 1. The average molecular weight is 195 g/mol. The molecule has 1 aromatic heterocycles. The van der Waals surface area contributed by atoms with Gasteiger partial charge in [-0.25, -0.2) is 0 Å². The van der Waals surface area contributed by atoms with Crippen LogP contribution in [0.2, 0.25) is 0 Å². The first-order valence-corrected chi connectivity index (χ1v) is 4.89. The third-order valence-electron chi connectivity index (χ3n) is 2.15. The minimum atomic E-state index is -0.224. The first-order valence-electron chi connectivity index (χ1n) is 4.89. The molecule has 0 saturated carbocycles. The minimum Gasteiger partial charge on any atom is -0.370 e. The molecule has 0 radical (unpaired) electrons. The molecule has 0 bridgehead atoms. The van der Waals surface area contributed by atoms with Gasteiger partial charge in [0.2, 0.25) is 5.91 Å². The van der Waals surface area contributed by atoms with Crippen molar-refractivity contribution in [1.82, 2.24) is 9.78 Å². The number of hydrogen-bond acceptors (Lipinski definition) is 2. The van der Waals surface area contributed by atoms with E-state index in [1.54, 1.807) is 0 Å². The van der Waals surface area contributed by atoms with Crippen molar-refractivity contribution in [2.24, 2.45) is 5.73 Å². The molecule has 1 rings (SSSR count). The molecule has 1 amide bonds. The largest absolute Gasteiger partial charge is 0.370 e. The van der Waals surface area contributed by atoms with E-state index < -0.39 is 0 Å². The Balaban J connectivity index is 2.31. The lowest BCUT2D eigenvalue weighted by atomic mass is 10.2. The second-order valence-electron chi connectivity index (χ2n) is 3.57. The van der Waals surface area contributed by atoms with Crippen molar-refractivity contribution in [2.75, 3.05) is 0 Å². The first-order chi connectivity index (χ1) is 6.59. The molecule has 0 aromatic carbocycles. The van der Waals surface area contributed by atoms with E-state index in [2.05, 4.69) is 5.10 Å². The van der Waals surface area contributed by atoms with Crippen LogP contribution in [0.5, 0.6) is 0 Å². The summed E-state index contributed by atoms with van der Waals surface area (Å²) in [4.78, 5) is 10.5. The molecule has 1 aromatic rings. The highest BCUT2D eigenvalue weighted by atomic mass is 16.1. The summed E-state index contributed by atoms with van der Waals surface area (Å²) in [6.45, 7) is 4.88. The van der Waals surface area contributed by atoms with Crippen LogP contribution in [-0.2, 0) is 11.3 Å². The molecule has 0 fully saturated rings. The Hall–Kier alpha value is -1.32. The van der Waals surface area contributed by atoms with Gasteiger partial charge in [-0.05, 0) is 32.8 Å². The molecular weight excluding hydrogens is 178 g/mol. The third-order valence-corrected chi connectivity index (χ3v) is 2.15. The van der Waals surface area contributed by atoms with E-state index in [0.29, 0.717) is 6.42 Å². The van der Waals surface area contributed by atoms with Crippen LogP contribution in [0, 0.1) is 13.8 Å². The molecule has 0 saturated heterocycles. The fourth-order valence-electron chi connectivity index (χ4n) is 1.46. The smallest absolute Gasteiger partial charge is 0.217 e. The molecule has 4 heteroatoms. The summed E-state index contributed by atoms with van der Waals surface area (Å²) in [5.41, 5.74) is 7.25. The summed E-state index contributed by atoms with van der Waals surface area (Å²) in [7, 11) is 0. The van der Waals surface area contributed by atoms with Crippen LogP contribution in [0.25, 0.3) is 0 Å². The Morgan fingerprint density at radius 3 is 2.71 bits per heavy atom. The van der Waals surface area contributed by atoms with Crippen molar-refractivity contribution in [3.8, 4) is 0 Å². The molecule has 0 aliphatic heterocycles. The number of unbranched alkanes of at least 4 members (excludes halogenated alkanes) is 1. The van der Waals surface area contributed by atoms with Gasteiger partial charge in [0.1, 0.15) is 0 Å². The van der Waals surface area contributed by atoms with E-state index in [1.807, 2.05) is 24.6 Å². The van der Waals surface area contributed by atoms with Crippen molar-refractivity contribution >= 4 is 5.91 Å². The number of amides is 1. The minimum absolute atomic E-state index is 0.224. The summed E-state index contributed by atoms with van der Waals surface area (Å²) in [6.07, 6.45) is 2.26. The van der Waals surface area contributed by atoms with E-state index in [4.69, 9.17) is 5.73 Å². The van der Waals surface area contributed by atoms with Crippen LogP contribution in [0.1, 0.15) is 30.7 Å². The second-order valence-corrected chi connectivity index (χ2v) is 3.57. The van der Waals surface area contributed by atoms with Crippen LogP contribution in [0.15, 0.2) is 6.07 Å². The summed E-state index contributed by atoms with van der Waals surface area (Å²) < 4.78 is 1.97. The van der Waals surface area contributed by atoms with Crippen LogP contribution in [0.3, 0.4) is 0 Å². The molecule has 0 unspecified atom stereocenters. The van der Waals surface area contributed by atoms with E-state index in [1.165, 1.54) is 5.69 Å². The number of rotatable bonds is 5. The fraction of sp³-hybridized carbons (Fsp3) is 0.600. The van der Waals surface area contributed by atoms with Crippen LogP contribution in [-0.4, -0.2) is 15.7 Å². The third kappa shape index (κ3) is 3.20. The van der Waals surface area contributed by atoms with Crippen LogP contribution >= 0.6 is 0 Å². The maximum atomic E-state index is 10.5. The lowest BCUT2D eigenvalue weighted by molar-refractivity contribution is -0.118. The predicted molar refractivity (Wildman–Crippen MR) is 54.7 cm³/mol. The van der Waals surface area contributed by atoms with Crippen molar-refractivity contribution in [3.05, 3.63) is 17.5 Å². The lowest BCUT2D eigenvalue weighted by Gasteiger charge is -2.02. The van der Waals surface area contributed by atoms with Gasteiger partial charge in [-0.3, -0.25) is 9.48 Å². The van der Waals surface area contributed by atoms with Crippen molar-refractivity contribution < 1.29 is 4.79 Å². The monoisotopic (exact) mass is 195 g/mol. The number of aryl methyl sites for hydroxylation is 3. The molecule has 2 N–H and O–H groups in total. The van der Waals surface area contributed by atoms with Crippen molar-refractivity contribution in [1.29, 1.82) is 0 Å². The number of aromatic nitrogens is 2. The molecule has 0 aliphatic carbocycles. The Morgan fingerprint density at radius 2 is 2.21 bits per heavy atom. The highest BCUT2D eigenvalue weighted by Crippen LogP contribution is 2.04. The van der Waals surface area contributed by atoms with E-state index in [9.17, 15) is 4.79 Å². The van der Waals surface area contributed by atoms with Gasteiger partial charge < -0.3 is 5.73 Å². The Labute approximate surface area is 84.1 Å². The van der Waals surface area contributed by atoms with Gasteiger partial charge in [0.25, 0.3) is 0 Å². The highest BCUT2D eigenvalue weighted by molar-refractivity contribution is 5.73. The topological polar surface area (TPSA) is 60.9 Å². The van der Waals surface area contributed by atoms with Gasteiger partial charge in [0.15, 0.2) is 0 Å².